The maximum absolute atomic E-state index is 3.34. The molecule has 0 radical (unpaired) electrons. The van der Waals surface area contributed by atoms with Crippen molar-refractivity contribution in [3.05, 3.63) is 178 Å². The van der Waals surface area contributed by atoms with Gasteiger partial charge in [0.1, 0.15) is 0 Å². The average Bonchev–Trinajstić information content (AvgIpc) is 3.89. The fraction of sp³-hybridized carbons (Fsp3) is 0.396. The molecule has 3 heteroatoms. The topological polar surface area (TPSA) is 0 Å². The predicted molar refractivity (Wildman–Crippen MR) is 248 cm³/mol. The minimum absolute atomic E-state index is 0. The van der Waals surface area contributed by atoms with E-state index in [1.54, 1.807) is 28.2 Å². The zero-order chi connectivity index (χ0) is 39.9. The Bertz CT molecular complexity index is 1800. The number of rotatable bonds is 2. The van der Waals surface area contributed by atoms with Crippen molar-refractivity contribution in [2.75, 3.05) is 0 Å². The molecule has 1 fully saturated rings. The Balaban J connectivity index is 0.000000327. The van der Waals surface area contributed by atoms with Crippen molar-refractivity contribution in [2.45, 2.75) is 109 Å². The van der Waals surface area contributed by atoms with Gasteiger partial charge in [-0.15, -0.1) is 62.4 Å². The van der Waals surface area contributed by atoms with Crippen LogP contribution in [0.25, 0.3) is 5.57 Å². The molecule has 302 valence electrons. The SMILES string of the molecule is C[C-](C)c1ccccc1.C[C-](C)c1ccccc1.C[C-]1C2=C3Cc4ccccc4C3=C3C=CCCC3C2(C)C(C)(C)C(C)(C)C1(C)C.Cl.Cl.[C-]1=CC=CC1.[CH2]=[Zr]. The second-order valence-electron chi connectivity index (χ2n) is 17.5. The summed E-state index contributed by atoms with van der Waals surface area (Å²) in [4.78, 5) is 0. The number of benzene rings is 3. The van der Waals surface area contributed by atoms with Crippen LogP contribution in [0, 0.1) is 51.4 Å². The Morgan fingerprint density at radius 2 is 1.23 bits per heavy atom. The summed E-state index contributed by atoms with van der Waals surface area (Å²) in [6.45, 7) is 28.8. The molecule has 0 heterocycles. The second kappa shape index (κ2) is 20.8. The van der Waals surface area contributed by atoms with Gasteiger partial charge in [-0.3, -0.25) is 6.08 Å². The molecule has 2 atom stereocenters. The monoisotopic (exact) mass is 864 g/mol. The van der Waals surface area contributed by atoms with Gasteiger partial charge >= 0.3 is 28.4 Å². The molecule has 0 N–H and O–H groups in total. The third-order valence-corrected chi connectivity index (χ3v) is 14.1. The van der Waals surface area contributed by atoms with E-state index in [1.165, 1.54) is 71.2 Å². The van der Waals surface area contributed by atoms with E-state index in [0.717, 1.165) is 12.8 Å². The van der Waals surface area contributed by atoms with Gasteiger partial charge in [-0.2, -0.15) is 64.5 Å². The van der Waals surface area contributed by atoms with Crippen LogP contribution < -0.4 is 0 Å². The van der Waals surface area contributed by atoms with Gasteiger partial charge in [0.25, 0.3) is 0 Å². The van der Waals surface area contributed by atoms with Crippen LogP contribution in [0.3, 0.4) is 0 Å². The van der Waals surface area contributed by atoms with E-state index in [9.17, 15) is 0 Å². The number of hydrogen-bond acceptors (Lipinski definition) is 0. The van der Waals surface area contributed by atoms with Crippen LogP contribution in [0.2, 0.25) is 0 Å². The van der Waals surface area contributed by atoms with Gasteiger partial charge in [0, 0.05) is 0 Å². The third-order valence-electron chi connectivity index (χ3n) is 14.1. The van der Waals surface area contributed by atoms with Gasteiger partial charge in [0.05, 0.1) is 0 Å². The molecule has 3 aromatic rings. The quantitative estimate of drug-likeness (QED) is 0.225. The molecule has 5 aliphatic rings. The van der Waals surface area contributed by atoms with Crippen molar-refractivity contribution in [3.8, 4) is 0 Å². The van der Waals surface area contributed by atoms with Crippen LogP contribution in [0.5, 0.6) is 0 Å². The van der Waals surface area contributed by atoms with Gasteiger partial charge in [-0.05, 0) is 40.6 Å². The van der Waals surface area contributed by atoms with Crippen LogP contribution in [0.4, 0.5) is 0 Å². The fourth-order valence-corrected chi connectivity index (χ4v) is 9.45. The van der Waals surface area contributed by atoms with Crippen molar-refractivity contribution >= 4 is 34.6 Å². The molecule has 0 nitrogen and oxygen atoms in total. The van der Waals surface area contributed by atoms with Gasteiger partial charge in [0.2, 0.25) is 0 Å². The first kappa shape index (κ1) is 49.4. The Labute approximate surface area is 370 Å². The van der Waals surface area contributed by atoms with Crippen LogP contribution in [-0.2, 0) is 30.7 Å². The normalized spacial score (nSPS) is 21.8. The molecule has 0 aromatic heterocycles. The van der Waals surface area contributed by atoms with E-state index < -0.39 is 0 Å². The molecule has 2 unspecified atom stereocenters. The van der Waals surface area contributed by atoms with Crippen molar-refractivity contribution in [1.29, 1.82) is 0 Å². The Hall–Kier alpha value is -2.70. The number of fused-ring (bicyclic) bond motifs is 6. The zero-order valence-corrected chi connectivity index (χ0v) is 40.5. The van der Waals surface area contributed by atoms with E-state index in [1.807, 2.05) is 24.3 Å². The summed E-state index contributed by atoms with van der Waals surface area (Å²) in [6.07, 6.45) is 18.5. The number of hydrogen-bond donors (Lipinski definition) is 0. The van der Waals surface area contributed by atoms with E-state index in [0.29, 0.717) is 5.92 Å². The van der Waals surface area contributed by atoms with Gasteiger partial charge in [-0.25, -0.2) is 18.1 Å². The van der Waals surface area contributed by atoms with E-state index >= 15 is 0 Å². The molecule has 0 spiro atoms. The Morgan fingerprint density at radius 1 is 0.714 bits per heavy atom. The first-order valence-electron chi connectivity index (χ1n) is 19.9. The summed E-state index contributed by atoms with van der Waals surface area (Å²) in [6, 6.07) is 29.9. The molecular weight excluding hydrogens is 799 g/mol. The second-order valence-corrected chi connectivity index (χ2v) is 17.5. The molecule has 56 heavy (non-hydrogen) atoms. The van der Waals surface area contributed by atoms with Gasteiger partial charge in [-0.1, -0.05) is 153 Å². The standard InChI is InChI=1S/C29H37.2C9H11.C5H5.CH2.2ClH.Zr/c1-18-25-22-17-19-13-9-10-14-20(19)24(22)21-15-11-12-16-23(21)29(25,8)28(6,7)27(4,5)26(18,2)3;2*1-8(2)9-6-4-3-5-7-9;1-2-4-5-3-1;;;;/h9-11,13-15,23H,12,16-17H2,1-8H3;2*3-7H,1-2H3;1-3H,4H2;1H2;2*1H;/q4*-1;;;;. The Morgan fingerprint density at radius 3 is 1.68 bits per heavy atom. The van der Waals surface area contributed by atoms with Gasteiger partial charge in [0.15, 0.2) is 0 Å². The molecule has 8 rings (SSSR count). The first-order chi connectivity index (χ1) is 25.6. The van der Waals surface area contributed by atoms with Crippen LogP contribution >= 0.6 is 24.8 Å². The number of allylic oxidation sites excluding steroid dienone is 10. The molecule has 5 aliphatic carbocycles. The van der Waals surface area contributed by atoms with E-state index in [2.05, 4.69) is 184 Å². The van der Waals surface area contributed by atoms with Crippen LogP contribution in [0.15, 0.2) is 132 Å². The summed E-state index contributed by atoms with van der Waals surface area (Å²) >= 11 is 1.30. The summed E-state index contributed by atoms with van der Waals surface area (Å²) in [5.74, 6) is 4.98. The number of halogens is 2. The van der Waals surface area contributed by atoms with E-state index in [-0.39, 0.29) is 46.5 Å². The Kier molecular flexibility index (Phi) is 18.4. The predicted octanol–water partition coefficient (Wildman–Crippen LogP) is 15.4. The van der Waals surface area contributed by atoms with Crippen molar-refractivity contribution in [3.63, 3.8) is 0 Å². The molecule has 0 aliphatic heterocycles. The summed E-state index contributed by atoms with van der Waals surface area (Å²) < 4.78 is 3.34. The fourth-order valence-electron chi connectivity index (χ4n) is 9.45. The molecule has 0 saturated heterocycles. The van der Waals surface area contributed by atoms with Crippen molar-refractivity contribution in [1.82, 2.24) is 0 Å². The summed E-state index contributed by atoms with van der Waals surface area (Å²) in [5, 5.41) is 0. The molecule has 3 aromatic carbocycles. The first-order valence-corrected chi connectivity index (χ1v) is 21.7. The van der Waals surface area contributed by atoms with Crippen LogP contribution in [0.1, 0.15) is 125 Å². The van der Waals surface area contributed by atoms with Crippen molar-refractivity contribution < 1.29 is 24.2 Å². The van der Waals surface area contributed by atoms with Gasteiger partial charge < -0.3 is 0 Å². The average molecular weight is 867 g/mol. The molecule has 1 saturated carbocycles. The maximum atomic E-state index is 3.34. The zero-order valence-electron chi connectivity index (χ0n) is 36.4. The molecular formula is C53H68Cl2Zr-4. The summed E-state index contributed by atoms with van der Waals surface area (Å²) in [5.41, 5.74) is 13.0. The minimum atomic E-state index is 0. The molecule has 0 amide bonds. The van der Waals surface area contributed by atoms with E-state index in [4.69, 9.17) is 0 Å². The van der Waals surface area contributed by atoms with Crippen molar-refractivity contribution in [2.24, 2.45) is 27.6 Å². The van der Waals surface area contributed by atoms with Crippen LogP contribution in [-0.4, -0.2) is 4.21 Å². The summed E-state index contributed by atoms with van der Waals surface area (Å²) in [7, 11) is 0. The molecule has 0 bridgehead atoms. The third kappa shape index (κ3) is 9.43.